The van der Waals surface area contributed by atoms with Crippen molar-refractivity contribution in [2.45, 2.75) is 13.0 Å². The van der Waals surface area contributed by atoms with Crippen molar-refractivity contribution in [2.75, 3.05) is 0 Å². The molecule has 1 unspecified atom stereocenters. The lowest BCUT2D eigenvalue weighted by Crippen LogP contribution is -2.49. The average molecular weight is 286 g/mol. The highest BCUT2D eigenvalue weighted by Gasteiger charge is 2.29. The third kappa shape index (κ3) is 2.63. The SMILES string of the molecule is CC1=NC(=N)NC(=O)C1Oc1ccc(Cl)cc1Cl. The van der Waals surface area contributed by atoms with Crippen LogP contribution in [0.1, 0.15) is 6.92 Å². The largest absolute Gasteiger partial charge is 0.473 e. The molecule has 1 aliphatic rings. The number of carbonyl (C=O) groups is 1. The summed E-state index contributed by atoms with van der Waals surface area (Å²) in [5.41, 5.74) is 0.398. The van der Waals surface area contributed by atoms with Crippen molar-refractivity contribution in [3.63, 3.8) is 0 Å². The molecule has 0 aliphatic carbocycles. The number of hydrogen-bond donors (Lipinski definition) is 2. The molecule has 7 heteroatoms. The molecule has 1 aliphatic heterocycles. The summed E-state index contributed by atoms with van der Waals surface area (Å²) in [5, 5.41) is 10.3. The maximum atomic E-state index is 11.7. The van der Waals surface area contributed by atoms with Crippen molar-refractivity contribution in [1.82, 2.24) is 5.32 Å². The van der Waals surface area contributed by atoms with E-state index in [-0.39, 0.29) is 5.96 Å². The minimum atomic E-state index is -0.891. The minimum Gasteiger partial charge on any atom is -0.473 e. The fourth-order valence-corrected chi connectivity index (χ4v) is 1.92. The molecular weight excluding hydrogens is 277 g/mol. The molecule has 0 bridgehead atoms. The van der Waals surface area contributed by atoms with Gasteiger partial charge in [-0.2, -0.15) is 0 Å². The molecule has 18 heavy (non-hydrogen) atoms. The standard InChI is InChI=1S/C11H9Cl2N3O2/c1-5-9(10(17)16-11(14)15-5)18-8-3-2-6(12)4-7(8)13/h2-4,9H,1H3,(H2,14,16,17). The third-order valence-electron chi connectivity index (χ3n) is 2.29. The van der Waals surface area contributed by atoms with Gasteiger partial charge >= 0.3 is 0 Å². The number of carbonyl (C=O) groups excluding carboxylic acids is 1. The Labute approximate surface area is 113 Å². The number of hydrogen-bond acceptors (Lipinski definition) is 3. The predicted octanol–water partition coefficient (Wildman–Crippen LogP) is 2.27. The molecule has 94 valence electrons. The smallest absolute Gasteiger partial charge is 0.273 e. The zero-order valence-electron chi connectivity index (χ0n) is 9.33. The summed E-state index contributed by atoms with van der Waals surface area (Å²) in [7, 11) is 0. The lowest BCUT2D eigenvalue weighted by atomic mass is 10.2. The Morgan fingerprint density at radius 1 is 1.44 bits per heavy atom. The number of aliphatic imine (C=N–C) groups is 1. The molecule has 1 atom stereocenters. The van der Waals surface area contributed by atoms with Crippen LogP contribution in [0.2, 0.25) is 10.0 Å². The molecule has 0 fully saturated rings. The van der Waals surface area contributed by atoms with Crippen molar-refractivity contribution >= 4 is 40.8 Å². The van der Waals surface area contributed by atoms with E-state index in [0.717, 1.165) is 0 Å². The van der Waals surface area contributed by atoms with E-state index in [9.17, 15) is 4.79 Å². The van der Waals surface area contributed by atoms with Crippen LogP contribution in [0.4, 0.5) is 0 Å². The summed E-state index contributed by atoms with van der Waals surface area (Å²) in [6, 6.07) is 4.71. The van der Waals surface area contributed by atoms with Crippen molar-refractivity contribution in [1.29, 1.82) is 5.41 Å². The maximum absolute atomic E-state index is 11.7. The van der Waals surface area contributed by atoms with E-state index in [1.807, 2.05) is 0 Å². The Bertz CT molecular complexity index is 557. The van der Waals surface area contributed by atoms with Gasteiger partial charge in [0.25, 0.3) is 5.91 Å². The van der Waals surface area contributed by atoms with Crippen LogP contribution in [-0.2, 0) is 4.79 Å². The van der Waals surface area contributed by atoms with Crippen molar-refractivity contribution in [3.8, 4) is 5.75 Å². The summed E-state index contributed by atoms with van der Waals surface area (Å²) >= 11 is 11.7. The molecule has 5 nitrogen and oxygen atoms in total. The molecule has 0 radical (unpaired) electrons. The fourth-order valence-electron chi connectivity index (χ4n) is 1.47. The zero-order chi connectivity index (χ0) is 13.3. The van der Waals surface area contributed by atoms with Crippen LogP contribution < -0.4 is 10.1 Å². The maximum Gasteiger partial charge on any atom is 0.273 e. The van der Waals surface area contributed by atoms with Gasteiger partial charge in [0.1, 0.15) is 5.75 Å². The summed E-state index contributed by atoms with van der Waals surface area (Å²) in [6.45, 7) is 1.61. The van der Waals surface area contributed by atoms with Crippen molar-refractivity contribution in [2.24, 2.45) is 4.99 Å². The molecule has 0 saturated carbocycles. The Hall–Kier alpha value is -1.59. The van der Waals surface area contributed by atoms with Gasteiger partial charge in [-0.25, -0.2) is 4.99 Å². The minimum absolute atomic E-state index is 0.195. The molecule has 2 rings (SSSR count). The fraction of sp³-hybridized carbons (Fsp3) is 0.182. The average Bonchev–Trinajstić information content (AvgIpc) is 2.25. The second-order valence-corrected chi connectivity index (χ2v) is 4.51. The zero-order valence-corrected chi connectivity index (χ0v) is 10.8. The quantitative estimate of drug-likeness (QED) is 0.875. The van der Waals surface area contributed by atoms with Crippen LogP contribution in [0, 0.1) is 5.41 Å². The van der Waals surface area contributed by atoms with Gasteiger partial charge in [0.15, 0.2) is 0 Å². The van der Waals surface area contributed by atoms with Gasteiger partial charge < -0.3 is 4.74 Å². The predicted molar refractivity (Wildman–Crippen MR) is 69.9 cm³/mol. The van der Waals surface area contributed by atoms with Gasteiger partial charge in [-0.05, 0) is 25.1 Å². The van der Waals surface area contributed by atoms with Gasteiger partial charge in [0.05, 0.1) is 10.7 Å². The van der Waals surface area contributed by atoms with E-state index in [4.69, 9.17) is 33.3 Å². The first-order chi connectivity index (χ1) is 8.47. The normalized spacial score (nSPS) is 19.3. The highest BCUT2D eigenvalue weighted by Crippen LogP contribution is 2.28. The molecule has 1 aromatic rings. The first-order valence-corrected chi connectivity index (χ1v) is 5.79. The molecular formula is C11H9Cl2N3O2. The van der Waals surface area contributed by atoms with E-state index in [1.54, 1.807) is 19.1 Å². The second-order valence-electron chi connectivity index (χ2n) is 3.66. The number of halogens is 2. The molecule has 0 saturated heterocycles. The summed E-state index contributed by atoms with van der Waals surface area (Å²) in [6.07, 6.45) is -0.891. The number of nitrogens with one attached hydrogen (secondary N) is 2. The van der Waals surface area contributed by atoms with Crippen LogP contribution in [0.3, 0.4) is 0 Å². The highest BCUT2D eigenvalue weighted by atomic mass is 35.5. The molecule has 2 N–H and O–H groups in total. The van der Waals surface area contributed by atoms with Crippen LogP contribution in [0.5, 0.6) is 5.75 Å². The van der Waals surface area contributed by atoms with E-state index < -0.39 is 12.0 Å². The first-order valence-electron chi connectivity index (χ1n) is 5.03. The topological polar surface area (TPSA) is 74.5 Å². The number of amides is 1. The van der Waals surface area contributed by atoms with Crippen LogP contribution in [0.25, 0.3) is 0 Å². The molecule has 0 spiro atoms. The van der Waals surface area contributed by atoms with Gasteiger partial charge in [-0.1, -0.05) is 23.2 Å². The van der Waals surface area contributed by atoms with Gasteiger partial charge in [0, 0.05) is 5.02 Å². The summed E-state index contributed by atoms with van der Waals surface area (Å²) in [5.74, 6) is -0.303. The number of rotatable bonds is 2. The van der Waals surface area contributed by atoms with E-state index in [1.165, 1.54) is 6.07 Å². The molecule has 1 amide bonds. The van der Waals surface area contributed by atoms with E-state index in [0.29, 0.717) is 21.5 Å². The number of benzene rings is 1. The van der Waals surface area contributed by atoms with Crippen LogP contribution >= 0.6 is 23.2 Å². The summed E-state index contributed by atoms with van der Waals surface area (Å²) < 4.78 is 5.48. The van der Waals surface area contributed by atoms with E-state index >= 15 is 0 Å². The van der Waals surface area contributed by atoms with Gasteiger partial charge in [-0.15, -0.1) is 0 Å². The van der Waals surface area contributed by atoms with Gasteiger partial charge in [0.2, 0.25) is 12.1 Å². The highest BCUT2D eigenvalue weighted by molar-refractivity contribution is 6.35. The van der Waals surface area contributed by atoms with E-state index in [2.05, 4.69) is 10.3 Å². The Morgan fingerprint density at radius 3 is 2.78 bits per heavy atom. The monoisotopic (exact) mass is 285 g/mol. The first kappa shape index (κ1) is 12.9. The lowest BCUT2D eigenvalue weighted by Gasteiger charge is -2.22. The van der Waals surface area contributed by atoms with Crippen LogP contribution in [-0.4, -0.2) is 23.7 Å². The van der Waals surface area contributed by atoms with Gasteiger partial charge in [-0.3, -0.25) is 15.5 Å². The second kappa shape index (κ2) is 4.96. The Morgan fingerprint density at radius 2 is 2.17 bits per heavy atom. The Kier molecular flexibility index (Phi) is 3.54. The molecule has 1 heterocycles. The van der Waals surface area contributed by atoms with Crippen molar-refractivity contribution in [3.05, 3.63) is 28.2 Å². The molecule has 0 aromatic heterocycles. The number of guanidine groups is 1. The third-order valence-corrected chi connectivity index (χ3v) is 2.82. The van der Waals surface area contributed by atoms with Crippen molar-refractivity contribution < 1.29 is 9.53 Å². The summed E-state index contributed by atoms with van der Waals surface area (Å²) in [4.78, 5) is 15.5. The number of ether oxygens (including phenoxy) is 1. The number of nitrogens with zero attached hydrogens (tertiary/aromatic N) is 1. The van der Waals surface area contributed by atoms with Crippen LogP contribution in [0.15, 0.2) is 23.2 Å². The molecule has 1 aromatic carbocycles. The lowest BCUT2D eigenvalue weighted by molar-refractivity contribution is -0.124. The Balaban J connectivity index is 2.26.